The summed E-state index contributed by atoms with van der Waals surface area (Å²) in [4.78, 5) is 33.8. The standard InChI is InChI=1S/C19H23N5O4/c1-19(2,3)28-18(26)24-14(11-7-5-9-13(21-11)27-4)15-17(25)22-12-8-6-10-20-16(12)23-15/h5-10,14-15H,1-4H3,(H,20,23)(H,22,25)(H,24,26). The maximum absolute atomic E-state index is 12.7. The molecule has 0 bridgehead atoms. The summed E-state index contributed by atoms with van der Waals surface area (Å²) in [6.07, 6.45) is 0.948. The third kappa shape index (κ3) is 4.48. The monoisotopic (exact) mass is 385 g/mol. The molecule has 9 heteroatoms. The van der Waals surface area contributed by atoms with Gasteiger partial charge in [0.2, 0.25) is 11.8 Å². The molecule has 2 atom stereocenters. The molecule has 0 saturated carbocycles. The largest absolute Gasteiger partial charge is 0.481 e. The van der Waals surface area contributed by atoms with Gasteiger partial charge in [-0.1, -0.05) is 6.07 Å². The van der Waals surface area contributed by atoms with Gasteiger partial charge in [0, 0.05) is 12.3 Å². The molecule has 0 aromatic carbocycles. The predicted octanol–water partition coefficient (Wildman–Crippen LogP) is 2.48. The number of aromatic nitrogens is 2. The zero-order chi connectivity index (χ0) is 20.3. The van der Waals surface area contributed by atoms with Crippen molar-refractivity contribution in [1.82, 2.24) is 15.3 Å². The van der Waals surface area contributed by atoms with E-state index in [1.54, 1.807) is 57.3 Å². The lowest BCUT2D eigenvalue weighted by Crippen LogP contribution is -2.50. The first-order valence-corrected chi connectivity index (χ1v) is 8.80. The lowest BCUT2D eigenvalue weighted by atomic mass is 10.0. The highest BCUT2D eigenvalue weighted by Crippen LogP contribution is 2.29. The van der Waals surface area contributed by atoms with E-state index < -0.39 is 23.8 Å². The van der Waals surface area contributed by atoms with E-state index in [9.17, 15) is 9.59 Å². The number of carbonyl (C=O) groups excluding carboxylic acids is 2. The van der Waals surface area contributed by atoms with Crippen molar-refractivity contribution in [2.45, 2.75) is 38.5 Å². The number of methoxy groups -OCH3 is 1. The summed E-state index contributed by atoms with van der Waals surface area (Å²) >= 11 is 0. The predicted molar refractivity (Wildman–Crippen MR) is 103 cm³/mol. The fourth-order valence-corrected chi connectivity index (χ4v) is 2.76. The number of nitrogens with one attached hydrogen (secondary N) is 3. The minimum absolute atomic E-state index is 0.328. The Morgan fingerprint density at radius 1 is 1.25 bits per heavy atom. The number of rotatable bonds is 4. The van der Waals surface area contributed by atoms with Gasteiger partial charge in [0.15, 0.2) is 5.82 Å². The summed E-state index contributed by atoms with van der Waals surface area (Å²) in [5.74, 6) is 0.542. The van der Waals surface area contributed by atoms with E-state index >= 15 is 0 Å². The van der Waals surface area contributed by atoms with E-state index in [2.05, 4.69) is 25.9 Å². The van der Waals surface area contributed by atoms with Crippen LogP contribution in [0.1, 0.15) is 32.5 Å². The zero-order valence-corrected chi connectivity index (χ0v) is 16.1. The third-order valence-corrected chi connectivity index (χ3v) is 3.92. The number of carbonyl (C=O) groups is 2. The van der Waals surface area contributed by atoms with Crippen molar-refractivity contribution in [3.63, 3.8) is 0 Å². The molecule has 0 saturated heterocycles. The fraction of sp³-hybridized carbons (Fsp3) is 0.368. The maximum Gasteiger partial charge on any atom is 0.408 e. The molecule has 2 aromatic heterocycles. The van der Waals surface area contributed by atoms with Gasteiger partial charge in [-0.2, -0.15) is 0 Å². The van der Waals surface area contributed by atoms with Crippen LogP contribution in [0.3, 0.4) is 0 Å². The number of nitrogens with zero attached hydrogens (tertiary/aromatic N) is 2. The van der Waals surface area contributed by atoms with E-state index in [0.717, 1.165) is 0 Å². The summed E-state index contributed by atoms with van der Waals surface area (Å²) in [6, 6.07) is 6.91. The number of fused-ring (bicyclic) bond motifs is 1. The zero-order valence-electron chi connectivity index (χ0n) is 16.1. The van der Waals surface area contributed by atoms with Crippen molar-refractivity contribution in [3.8, 4) is 5.88 Å². The Labute approximate surface area is 162 Å². The topological polar surface area (TPSA) is 114 Å². The van der Waals surface area contributed by atoms with Crippen LogP contribution in [0.2, 0.25) is 0 Å². The molecular formula is C19H23N5O4. The fourth-order valence-electron chi connectivity index (χ4n) is 2.76. The number of anilines is 2. The van der Waals surface area contributed by atoms with Crippen molar-refractivity contribution < 1.29 is 19.1 Å². The summed E-state index contributed by atoms with van der Waals surface area (Å²) < 4.78 is 10.5. The van der Waals surface area contributed by atoms with Crippen molar-refractivity contribution in [1.29, 1.82) is 0 Å². The van der Waals surface area contributed by atoms with Gasteiger partial charge in [-0.15, -0.1) is 0 Å². The molecule has 1 aliphatic rings. The normalized spacial score (nSPS) is 16.9. The van der Waals surface area contributed by atoms with Crippen molar-refractivity contribution in [2.75, 3.05) is 17.7 Å². The summed E-state index contributed by atoms with van der Waals surface area (Å²) in [6.45, 7) is 5.28. The van der Waals surface area contributed by atoms with Crippen LogP contribution >= 0.6 is 0 Å². The molecule has 3 rings (SSSR count). The van der Waals surface area contributed by atoms with Crippen LogP contribution < -0.4 is 20.7 Å². The quantitative estimate of drug-likeness (QED) is 0.741. The highest BCUT2D eigenvalue weighted by atomic mass is 16.6. The first-order valence-electron chi connectivity index (χ1n) is 8.80. The van der Waals surface area contributed by atoms with E-state index in [4.69, 9.17) is 9.47 Å². The maximum atomic E-state index is 12.7. The van der Waals surface area contributed by atoms with Gasteiger partial charge in [-0.25, -0.2) is 14.8 Å². The van der Waals surface area contributed by atoms with Gasteiger partial charge in [0.1, 0.15) is 17.7 Å². The van der Waals surface area contributed by atoms with E-state index in [0.29, 0.717) is 23.1 Å². The molecule has 3 N–H and O–H groups in total. The third-order valence-electron chi connectivity index (χ3n) is 3.92. The van der Waals surface area contributed by atoms with Crippen LogP contribution in [-0.4, -0.2) is 40.7 Å². The number of ether oxygens (including phenoxy) is 2. The Hall–Kier alpha value is -3.36. The molecule has 9 nitrogen and oxygen atoms in total. The van der Waals surface area contributed by atoms with Crippen LogP contribution in [0.4, 0.5) is 16.3 Å². The van der Waals surface area contributed by atoms with E-state index in [1.165, 1.54) is 7.11 Å². The summed E-state index contributed by atoms with van der Waals surface area (Å²) in [5, 5.41) is 8.61. The van der Waals surface area contributed by atoms with Gasteiger partial charge in [-0.3, -0.25) is 4.79 Å². The minimum atomic E-state index is -0.852. The first-order chi connectivity index (χ1) is 13.3. The number of alkyl carbamates (subject to hydrolysis) is 1. The molecular weight excluding hydrogens is 362 g/mol. The molecule has 0 spiro atoms. The molecule has 0 aliphatic carbocycles. The Morgan fingerprint density at radius 2 is 2.04 bits per heavy atom. The SMILES string of the molecule is COc1cccc(C(NC(=O)OC(C)(C)C)C2Nc3ncccc3NC2=O)n1. The highest BCUT2D eigenvalue weighted by molar-refractivity contribution is 6.02. The molecule has 0 radical (unpaired) electrons. The molecule has 0 fully saturated rings. The smallest absolute Gasteiger partial charge is 0.408 e. The number of hydrogen-bond acceptors (Lipinski definition) is 7. The number of hydrogen-bond donors (Lipinski definition) is 3. The van der Waals surface area contributed by atoms with Crippen LogP contribution in [-0.2, 0) is 9.53 Å². The molecule has 2 amide bonds. The molecule has 1 aliphatic heterocycles. The molecule has 28 heavy (non-hydrogen) atoms. The van der Waals surface area contributed by atoms with E-state index in [-0.39, 0.29) is 5.91 Å². The second kappa shape index (κ2) is 7.71. The minimum Gasteiger partial charge on any atom is -0.481 e. The lowest BCUT2D eigenvalue weighted by molar-refractivity contribution is -0.117. The number of amides is 2. The van der Waals surface area contributed by atoms with Gasteiger partial charge >= 0.3 is 6.09 Å². The van der Waals surface area contributed by atoms with E-state index in [1.807, 2.05) is 0 Å². The Balaban J connectivity index is 1.93. The Kier molecular flexibility index (Phi) is 5.34. The van der Waals surface area contributed by atoms with Gasteiger partial charge < -0.3 is 25.4 Å². The second-order valence-corrected chi connectivity index (χ2v) is 7.24. The van der Waals surface area contributed by atoms with Crippen LogP contribution in [0.25, 0.3) is 0 Å². The van der Waals surface area contributed by atoms with Crippen LogP contribution in [0.15, 0.2) is 36.5 Å². The first kappa shape index (κ1) is 19.4. The van der Waals surface area contributed by atoms with Crippen LogP contribution in [0.5, 0.6) is 5.88 Å². The Morgan fingerprint density at radius 3 is 2.75 bits per heavy atom. The summed E-state index contributed by atoms with van der Waals surface area (Å²) in [5.41, 5.74) is 0.322. The van der Waals surface area contributed by atoms with Gasteiger partial charge in [-0.05, 0) is 39.0 Å². The average molecular weight is 385 g/mol. The second-order valence-electron chi connectivity index (χ2n) is 7.24. The molecule has 148 valence electrons. The van der Waals surface area contributed by atoms with Gasteiger partial charge in [0.25, 0.3) is 0 Å². The molecule has 3 heterocycles. The van der Waals surface area contributed by atoms with Crippen LogP contribution in [0, 0.1) is 0 Å². The van der Waals surface area contributed by atoms with Crippen molar-refractivity contribution >= 4 is 23.5 Å². The summed E-state index contributed by atoms with van der Waals surface area (Å²) in [7, 11) is 1.49. The van der Waals surface area contributed by atoms with Gasteiger partial charge in [0.05, 0.1) is 18.5 Å². The molecule has 2 unspecified atom stereocenters. The highest BCUT2D eigenvalue weighted by Gasteiger charge is 2.37. The Bertz CT molecular complexity index is 881. The number of pyridine rings is 2. The van der Waals surface area contributed by atoms with Crippen molar-refractivity contribution in [2.24, 2.45) is 0 Å². The van der Waals surface area contributed by atoms with Crippen molar-refractivity contribution in [3.05, 3.63) is 42.2 Å². The average Bonchev–Trinajstić information content (AvgIpc) is 2.64. The lowest BCUT2D eigenvalue weighted by Gasteiger charge is -2.32. The molecule has 2 aromatic rings.